The van der Waals surface area contributed by atoms with Crippen LogP contribution in [-0.4, -0.2) is 12.5 Å². The summed E-state index contributed by atoms with van der Waals surface area (Å²) in [6.07, 6.45) is 1.86. The molecule has 0 aliphatic heterocycles. The summed E-state index contributed by atoms with van der Waals surface area (Å²) in [5.41, 5.74) is 2.33. The molecule has 2 aromatic rings. The number of rotatable bonds is 5. The average molecular weight is 281 g/mol. The van der Waals surface area contributed by atoms with Crippen LogP contribution in [-0.2, 0) is 4.79 Å². The van der Waals surface area contributed by atoms with Gasteiger partial charge in [-0.15, -0.1) is 0 Å². The molecule has 0 unspecified atom stereocenters. The van der Waals surface area contributed by atoms with Gasteiger partial charge in [-0.3, -0.25) is 4.79 Å². The molecular weight excluding hydrogens is 262 g/mol. The molecule has 2 rings (SSSR count). The molecule has 2 aromatic carbocycles. The van der Waals surface area contributed by atoms with E-state index in [4.69, 9.17) is 4.74 Å². The zero-order chi connectivity index (χ0) is 15.1. The van der Waals surface area contributed by atoms with E-state index in [0.717, 1.165) is 5.56 Å². The number of nitrogens with one attached hydrogen (secondary N) is 1. The first-order valence-corrected chi connectivity index (χ1v) is 6.97. The first-order valence-electron chi connectivity index (χ1n) is 6.97. The fourth-order valence-electron chi connectivity index (χ4n) is 1.94. The van der Waals surface area contributed by atoms with E-state index in [1.807, 2.05) is 67.6 Å². The predicted molar refractivity (Wildman–Crippen MR) is 86.3 cm³/mol. The van der Waals surface area contributed by atoms with Gasteiger partial charge in [-0.1, -0.05) is 42.5 Å². The fraction of sp³-hybridized carbons (Fsp3) is 0.167. The van der Waals surface area contributed by atoms with Crippen LogP contribution in [0.1, 0.15) is 19.4 Å². The van der Waals surface area contributed by atoms with E-state index in [1.165, 1.54) is 0 Å². The molecular formula is C18H19NO2. The second-order valence-electron chi connectivity index (χ2n) is 4.62. The maximum atomic E-state index is 12.2. The molecule has 3 heteroatoms. The van der Waals surface area contributed by atoms with Crippen LogP contribution in [0.3, 0.4) is 0 Å². The molecule has 0 aromatic heterocycles. The highest BCUT2D eigenvalue weighted by Crippen LogP contribution is 2.24. The molecule has 0 spiro atoms. The van der Waals surface area contributed by atoms with Crippen LogP contribution in [0.15, 0.2) is 60.2 Å². The SMILES string of the molecule is CCOc1ccccc1NC(=O)C(C)=Cc1ccccc1. The molecule has 108 valence electrons. The number of hydrogen-bond donors (Lipinski definition) is 1. The maximum Gasteiger partial charge on any atom is 0.251 e. The Balaban J connectivity index is 2.13. The molecule has 0 heterocycles. The number of hydrogen-bond acceptors (Lipinski definition) is 2. The summed E-state index contributed by atoms with van der Waals surface area (Å²) in [6.45, 7) is 4.27. The summed E-state index contributed by atoms with van der Waals surface area (Å²) in [6, 6.07) is 17.2. The van der Waals surface area contributed by atoms with Gasteiger partial charge in [0.2, 0.25) is 0 Å². The largest absolute Gasteiger partial charge is 0.492 e. The van der Waals surface area contributed by atoms with Crippen LogP contribution in [0, 0.1) is 0 Å². The van der Waals surface area contributed by atoms with Gasteiger partial charge in [0.1, 0.15) is 5.75 Å². The molecule has 0 saturated heterocycles. The molecule has 0 aliphatic rings. The zero-order valence-electron chi connectivity index (χ0n) is 12.3. The van der Waals surface area contributed by atoms with Crippen LogP contribution in [0.4, 0.5) is 5.69 Å². The van der Waals surface area contributed by atoms with Gasteiger partial charge in [-0.05, 0) is 37.6 Å². The monoisotopic (exact) mass is 281 g/mol. The predicted octanol–water partition coefficient (Wildman–Crippen LogP) is 4.13. The fourth-order valence-corrected chi connectivity index (χ4v) is 1.94. The molecule has 0 saturated carbocycles. The van der Waals surface area contributed by atoms with Crippen molar-refractivity contribution in [1.29, 1.82) is 0 Å². The number of benzene rings is 2. The molecule has 1 amide bonds. The Kier molecular flexibility index (Phi) is 5.16. The minimum atomic E-state index is -0.133. The van der Waals surface area contributed by atoms with Gasteiger partial charge in [-0.25, -0.2) is 0 Å². The Morgan fingerprint density at radius 2 is 1.76 bits per heavy atom. The van der Waals surface area contributed by atoms with Crippen LogP contribution in [0.2, 0.25) is 0 Å². The number of anilines is 1. The molecule has 1 N–H and O–H groups in total. The zero-order valence-corrected chi connectivity index (χ0v) is 12.3. The van der Waals surface area contributed by atoms with E-state index >= 15 is 0 Å². The van der Waals surface area contributed by atoms with Crippen molar-refractivity contribution in [1.82, 2.24) is 0 Å². The topological polar surface area (TPSA) is 38.3 Å². The van der Waals surface area contributed by atoms with Crippen molar-refractivity contribution >= 4 is 17.7 Å². The Labute approximate surface area is 125 Å². The third kappa shape index (κ3) is 4.21. The average Bonchev–Trinajstić information content (AvgIpc) is 2.50. The summed E-state index contributed by atoms with van der Waals surface area (Å²) in [5.74, 6) is 0.548. The van der Waals surface area contributed by atoms with Crippen LogP contribution >= 0.6 is 0 Å². The lowest BCUT2D eigenvalue weighted by Crippen LogP contribution is -2.13. The summed E-state index contributed by atoms with van der Waals surface area (Å²) in [7, 11) is 0. The van der Waals surface area contributed by atoms with Gasteiger partial charge < -0.3 is 10.1 Å². The first-order chi connectivity index (χ1) is 10.2. The quantitative estimate of drug-likeness (QED) is 0.837. The molecule has 21 heavy (non-hydrogen) atoms. The minimum absolute atomic E-state index is 0.133. The van der Waals surface area contributed by atoms with Crippen molar-refractivity contribution in [2.45, 2.75) is 13.8 Å². The lowest BCUT2D eigenvalue weighted by atomic mass is 10.1. The second-order valence-corrected chi connectivity index (χ2v) is 4.62. The molecule has 0 radical (unpaired) electrons. The van der Waals surface area contributed by atoms with Crippen molar-refractivity contribution in [3.05, 3.63) is 65.7 Å². The normalized spacial score (nSPS) is 11.0. The number of amides is 1. The van der Waals surface area contributed by atoms with E-state index < -0.39 is 0 Å². The van der Waals surface area contributed by atoms with Gasteiger partial charge in [0, 0.05) is 5.57 Å². The van der Waals surface area contributed by atoms with Crippen molar-refractivity contribution < 1.29 is 9.53 Å². The summed E-state index contributed by atoms with van der Waals surface area (Å²) < 4.78 is 5.50. The van der Waals surface area contributed by atoms with E-state index in [9.17, 15) is 4.79 Å². The second kappa shape index (κ2) is 7.29. The van der Waals surface area contributed by atoms with E-state index in [-0.39, 0.29) is 5.91 Å². The van der Waals surface area contributed by atoms with Gasteiger partial charge in [0.15, 0.2) is 0 Å². The number of para-hydroxylation sites is 2. The van der Waals surface area contributed by atoms with Crippen LogP contribution in [0.5, 0.6) is 5.75 Å². The van der Waals surface area contributed by atoms with E-state index in [1.54, 1.807) is 6.92 Å². The van der Waals surface area contributed by atoms with Crippen molar-refractivity contribution in [2.24, 2.45) is 0 Å². The Morgan fingerprint density at radius 1 is 1.10 bits per heavy atom. The standard InChI is InChI=1S/C18H19NO2/c1-3-21-17-12-8-7-11-16(17)19-18(20)14(2)13-15-9-5-4-6-10-15/h4-13H,3H2,1-2H3,(H,19,20). The van der Waals surface area contributed by atoms with Gasteiger partial charge >= 0.3 is 0 Å². The van der Waals surface area contributed by atoms with Crippen molar-refractivity contribution in [2.75, 3.05) is 11.9 Å². The van der Waals surface area contributed by atoms with Gasteiger partial charge in [0.05, 0.1) is 12.3 Å². The molecule has 0 bridgehead atoms. The third-order valence-corrected chi connectivity index (χ3v) is 2.98. The lowest BCUT2D eigenvalue weighted by molar-refractivity contribution is -0.112. The molecule has 0 atom stereocenters. The highest BCUT2D eigenvalue weighted by Gasteiger charge is 2.08. The van der Waals surface area contributed by atoms with Crippen LogP contribution < -0.4 is 10.1 Å². The number of carbonyl (C=O) groups excluding carboxylic acids is 1. The number of carbonyl (C=O) groups is 1. The summed E-state index contributed by atoms with van der Waals surface area (Å²) >= 11 is 0. The molecule has 0 aliphatic carbocycles. The Hall–Kier alpha value is -2.55. The van der Waals surface area contributed by atoms with E-state index in [0.29, 0.717) is 23.6 Å². The third-order valence-electron chi connectivity index (χ3n) is 2.98. The van der Waals surface area contributed by atoms with Gasteiger partial charge in [0.25, 0.3) is 5.91 Å². The van der Waals surface area contributed by atoms with Crippen LogP contribution in [0.25, 0.3) is 6.08 Å². The Morgan fingerprint density at radius 3 is 2.48 bits per heavy atom. The molecule has 0 fully saturated rings. The minimum Gasteiger partial charge on any atom is -0.492 e. The van der Waals surface area contributed by atoms with Gasteiger partial charge in [-0.2, -0.15) is 0 Å². The summed E-state index contributed by atoms with van der Waals surface area (Å²) in [5, 5.41) is 2.88. The summed E-state index contributed by atoms with van der Waals surface area (Å²) in [4.78, 5) is 12.2. The van der Waals surface area contributed by atoms with E-state index in [2.05, 4.69) is 5.32 Å². The Bertz CT molecular complexity index is 633. The maximum absolute atomic E-state index is 12.2. The van der Waals surface area contributed by atoms with Crippen molar-refractivity contribution in [3.8, 4) is 5.75 Å². The smallest absolute Gasteiger partial charge is 0.251 e. The number of ether oxygens (including phenoxy) is 1. The lowest BCUT2D eigenvalue weighted by Gasteiger charge is -2.11. The van der Waals surface area contributed by atoms with Crippen molar-refractivity contribution in [3.63, 3.8) is 0 Å². The first kappa shape index (κ1) is 14.9. The molecule has 3 nitrogen and oxygen atoms in total. The highest BCUT2D eigenvalue weighted by molar-refractivity contribution is 6.06. The highest BCUT2D eigenvalue weighted by atomic mass is 16.5.